The molecule has 0 spiro atoms. The van der Waals surface area contributed by atoms with Crippen LogP contribution in [0.1, 0.15) is 20.8 Å². The second kappa shape index (κ2) is 14.6. The summed E-state index contributed by atoms with van der Waals surface area (Å²) in [5.74, 6) is 0.503. The van der Waals surface area contributed by atoms with Gasteiger partial charge < -0.3 is 30.2 Å². The molecule has 0 aliphatic heterocycles. The number of nitrogens with one attached hydrogen (secondary N) is 4. The summed E-state index contributed by atoms with van der Waals surface area (Å²) in [6.45, 7) is 7.66. The van der Waals surface area contributed by atoms with Gasteiger partial charge in [-0.05, 0) is 56.6 Å². The Morgan fingerprint density at radius 2 is 1.57 bits per heavy atom. The number of ether oxygens (including phenoxy) is 3. The number of carbonyl (C=O) groups is 1. The predicted octanol–water partition coefficient (Wildman–Crippen LogP) is 2.79. The predicted molar refractivity (Wildman–Crippen MR) is 133 cm³/mol. The van der Waals surface area contributed by atoms with E-state index in [9.17, 15) is 9.00 Å². The number of aromatic nitrogens is 3. The van der Waals surface area contributed by atoms with Crippen LogP contribution in [0.2, 0.25) is 5.28 Å². The molecule has 1 atom stereocenters. The maximum absolute atomic E-state index is 11.5. The summed E-state index contributed by atoms with van der Waals surface area (Å²) in [6.07, 6.45) is -0.479. The Kier molecular flexibility index (Phi) is 11.9. The molecular weight excluding hydrogens is 502 g/mol. The van der Waals surface area contributed by atoms with Crippen LogP contribution >= 0.6 is 11.6 Å². The molecule has 0 fully saturated rings. The molecular formula is C20H30ClN7O6S. The molecule has 0 saturated carbocycles. The van der Waals surface area contributed by atoms with Gasteiger partial charge in [-0.25, -0.2) is 9.00 Å². The molecule has 194 valence electrons. The van der Waals surface area contributed by atoms with Crippen molar-refractivity contribution in [1.82, 2.24) is 20.3 Å². The molecule has 0 aliphatic rings. The number of anilines is 4. The molecule has 0 bridgehead atoms. The number of alkyl carbamates (subject to hydrolysis) is 1. The fourth-order valence-electron chi connectivity index (χ4n) is 2.43. The quantitative estimate of drug-likeness (QED) is 0.179. The molecule has 0 aliphatic carbocycles. The molecule has 5 N–H and O–H groups in total. The van der Waals surface area contributed by atoms with E-state index in [1.165, 1.54) is 0 Å². The molecule has 0 radical (unpaired) electrons. The Morgan fingerprint density at radius 1 is 0.971 bits per heavy atom. The van der Waals surface area contributed by atoms with E-state index in [4.69, 9.17) is 30.4 Å². The van der Waals surface area contributed by atoms with Crippen molar-refractivity contribution in [3.8, 4) is 0 Å². The fraction of sp³-hybridized carbons (Fsp3) is 0.500. The summed E-state index contributed by atoms with van der Waals surface area (Å²) in [7, 11) is 0. The van der Waals surface area contributed by atoms with E-state index in [-0.39, 0.29) is 17.2 Å². The zero-order valence-electron chi connectivity index (χ0n) is 19.7. The van der Waals surface area contributed by atoms with E-state index in [2.05, 4.69) is 35.6 Å². The minimum atomic E-state index is -2.14. The highest BCUT2D eigenvalue weighted by atomic mass is 35.5. The molecule has 13 nitrogen and oxygen atoms in total. The first kappa shape index (κ1) is 28.5. The number of hydrogen-bond donors (Lipinski definition) is 5. The minimum absolute atomic E-state index is 0.00766. The van der Waals surface area contributed by atoms with E-state index >= 15 is 0 Å². The summed E-state index contributed by atoms with van der Waals surface area (Å²) >= 11 is 3.83. The van der Waals surface area contributed by atoms with Crippen LogP contribution in [0.3, 0.4) is 0 Å². The zero-order chi connectivity index (χ0) is 25.7. The van der Waals surface area contributed by atoms with Crippen molar-refractivity contribution in [1.29, 1.82) is 0 Å². The van der Waals surface area contributed by atoms with Crippen LogP contribution in [-0.4, -0.2) is 74.9 Å². The summed E-state index contributed by atoms with van der Waals surface area (Å²) in [5, 5.41) is 8.60. The van der Waals surface area contributed by atoms with Gasteiger partial charge in [0.2, 0.25) is 17.2 Å². The van der Waals surface area contributed by atoms with Crippen molar-refractivity contribution < 1.29 is 27.8 Å². The van der Waals surface area contributed by atoms with Gasteiger partial charge in [0.05, 0.1) is 26.4 Å². The van der Waals surface area contributed by atoms with Gasteiger partial charge in [0.25, 0.3) is 11.3 Å². The topological polar surface area (TPSA) is 169 Å². The van der Waals surface area contributed by atoms with E-state index in [0.29, 0.717) is 50.9 Å². The minimum Gasteiger partial charge on any atom is -0.444 e. The lowest BCUT2D eigenvalue weighted by atomic mass is 10.2. The molecule has 2 rings (SSSR count). The monoisotopic (exact) mass is 531 g/mol. The summed E-state index contributed by atoms with van der Waals surface area (Å²) in [5.41, 5.74) is 0.597. The highest BCUT2D eigenvalue weighted by molar-refractivity contribution is 7.80. The number of carbonyl (C=O) groups excluding carboxylic acids is 1. The van der Waals surface area contributed by atoms with Gasteiger partial charge in [0.1, 0.15) is 5.60 Å². The van der Waals surface area contributed by atoms with Crippen LogP contribution in [0.15, 0.2) is 24.3 Å². The lowest BCUT2D eigenvalue weighted by Gasteiger charge is -2.19. The molecule has 1 unspecified atom stereocenters. The first-order chi connectivity index (χ1) is 16.6. The summed E-state index contributed by atoms with van der Waals surface area (Å²) in [6, 6.07) is 6.61. The van der Waals surface area contributed by atoms with Gasteiger partial charge in [-0.15, -0.1) is 0 Å². The zero-order valence-corrected chi connectivity index (χ0v) is 21.2. The van der Waals surface area contributed by atoms with Crippen molar-refractivity contribution in [3.63, 3.8) is 0 Å². The Labute approximate surface area is 211 Å². The lowest BCUT2D eigenvalue weighted by molar-refractivity contribution is 0.0415. The second-order valence-corrected chi connectivity index (χ2v) is 8.93. The molecule has 0 saturated heterocycles. The number of amides is 1. The van der Waals surface area contributed by atoms with E-state index < -0.39 is 23.0 Å². The first-order valence-corrected chi connectivity index (χ1v) is 12.1. The van der Waals surface area contributed by atoms with Gasteiger partial charge >= 0.3 is 6.09 Å². The first-order valence-electron chi connectivity index (χ1n) is 10.6. The largest absolute Gasteiger partial charge is 0.444 e. The molecule has 2 aromatic rings. The van der Waals surface area contributed by atoms with Crippen LogP contribution in [0.5, 0.6) is 0 Å². The third-order valence-corrected chi connectivity index (χ3v) is 4.35. The lowest BCUT2D eigenvalue weighted by Crippen LogP contribution is -2.34. The van der Waals surface area contributed by atoms with Gasteiger partial charge in [-0.1, -0.05) is 0 Å². The Balaban J connectivity index is 1.61. The third kappa shape index (κ3) is 13.0. The molecule has 1 aromatic carbocycles. The highest BCUT2D eigenvalue weighted by Gasteiger charge is 2.15. The third-order valence-electron chi connectivity index (χ3n) is 3.77. The van der Waals surface area contributed by atoms with Gasteiger partial charge in [-0.2, -0.15) is 15.0 Å². The van der Waals surface area contributed by atoms with Gasteiger partial charge in [0.15, 0.2) is 0 Å². The van der Waals surface area contributed by atoms with Gasteiger partial charge in [0, 0.05) is 24.5 Å². The highest BCUT2D eigenvalue weighted by Crippen LogP contribution is 2.18. The standard InChI is InChI=1S/C20H30ClN7O6S/c1-20(2,3)34-19(29)23-9-11-33-13-12-32-10-8-22-17-25-16(21)26-18(27-17)24-14-4-6-15(7-5-14)28-35(30)31/h4-7,28H,8-13H2,1-3H3,(H,23,29)(H,30,31)(H2,22,24,25,26,27). The molecule has 1 aromatic heterocycles. The number of rotatable bonds is 14. The average molecular weight is 532 g/mol. The summed E-state index contributed by atoms with van der Waals surface area (Å²) < 4.78 is 38.0. The molecule has 35 heavy (non-hydrogen) atoms. The average Bonchev–Trinajstić information content (AvgIpc) is 2.74. The second-order valence-electron chi connectivity index (χ2n) is 7.89. The van der Waals surface area contributed by atoms with Crippen LogP contribution in [0, 0.1) is 0 Å². The fourth-order valence-corrected chi connectivity index (χ4v) is 2.93. The van der Waals surface area contributed by atoms with Crippen LogP contribution in [0.4, 0.5) is 28.1 Å². The maximum atomic E-state index is 11.5. The Bertz CT molecular complexity index is 962. The number of benzene rings is 1. The number of halogens is 1. The Morgan fingerprint density at radius 3 is 2.20 bits per heavy atom. The number of hydrogen-bond acceptors (Lipinski definition) is 10. The van der Waals surface area contributed by atoms with Crippen LogP contribution < -0.4 is 20.7 Å². The van der Waals surface area contributed by atoms with Crippen molar-refractivity contribution in [3.05, 3.63) is 29.5 Å². The van der Waals surface area contributed by atoms with Crippen LogP contribution in [0.25, 0.3) is 0 Å². The smallest absolute Gasteiger partial charge is 0.407 e. The van der Waals surface area contributed by atoms with E-state index in [1.54, 1.807) is 45.0 Å². The van der Waals surface area contributed by atoms with Crippen molar-refractivity contribution in [2.75, 3.05) is 54.9 Å². The van der Waals surface area contributed by atoms with E-state index in [0.717, 1.165) is 0 Å². The van der Waals surface area contributed by atoms with E-state index in [1.807, 2.05) is 0 Å². The van der Waals surface area contributed by atoms with Gasteiger partial charge in [-0.3, -0.25) is 9.27 Å². The van der Waals surface area contributed by atoms with Crippen LogP contribution in [-0.2, 0) is 25.5 Å². The van der Waals surface area contributed by atoms with Crippen molar-refractivity contribution >= 4 is 52.2 Å². The molecule has 1 heterocycles. The van der Waals surface area contributed by atoms with Crippen molar-refractivity contribution in [2.24, 2.45) is 0 Å². The van der Waals surface area contributed by atoms with Crippen molar-refractivity contribution in [2.45, 2.75) is 26.4 Å². The molecule has 15 heteroatoms. The Hall–Kier alpha value is -2.78. The number of nitrogens with zero attached hydrogens (tertiary/aromatic N) is 3. The molecule has 1 amide bonds. The SMILES string of the molecule is CC(C)(C)OC(=O)NCCOCCOCCNc1nc(Cl)nc(Nc2ccc(NS(=O)O)cc2)n1. The normalized spacial score (nSPS) is 12.0. The summed E-state index contributed by atoms with van der Waals surface area (Å²) in [4.78, 5) is 23.8. The maximum Gasteiger partial charge on any atom is 0.407 e.